The third-order valence-corrected chi connectivity index (χ3v) is 3.46. The van der Waals surface area contributed by atoms with Gasteiger partial charge in [-0.2, -0.15) is 5.10 Å². The number of aliphatic imine (C=N–C) groups is 1. The first-order chi connectivity index (χ1) is 11.2. The van der Waals surface area contributed by atoms with Gasteiger partial charge in [-0.1, -0.05) is 24.3 Å². The Morgan fingerprint density at radius 1 is 1.17 bits per heavy atom. The van der Waals surface area contributed by atoms with Gasteiger partial charge < -0.3 is 15.4 Å². The van der Waals surface area contributed by atoms with Crippen LogP contribution >= 0.6 is 0 Å². The fraction of sp³-hybridized carbons (Fsp3) is 0.412. The summed E-state index contributed by atoms with van der Waals surface area (Å²) in [6, 6.07) is 10.3. The van der Waals surface area contributed by atoms with Crippen LogP contribution in [0.25, 0.3) is 0 Å². The van der Waals surface area contributed by atoms with Crippen LogP contribution in [-0.4, -0.2) is 29.4 Å². The van der Waals surface area contributed by atoms with E-state index in [1.807, 2.05) is 17.8 Å². The Hall–Kier alpha value is -2.34. The van der Waals surface area contributed by atoms with E-state index in [0.717, 1.165) is 18.2 Å². The van der Waals surface area contributed by atoms with Crippen LogP contribution in [0.15, 0.2) is 41.5 Å². The number of nitrogens with one attached hydrogen (secondary N) is 2. The number of methoxy groups -OCH3 is 1. The van der Waals surface area contributed by atoms with Crippen LogP contribution < -0.4 is 10.6 Å². The Morgan fingerprint density at radius 3 is 2.52 bits per heavy atom. The molecule has 1 aromatic heterocycles. The average Bonchev–Trinajstić information content (AvgIpc) is 2.97. The van der Waals surface area contributed by atoms with Gasteiger partial charge in [0.1, 0.15) is 0 Å². The van der Waals surface area contributed by atoms with Crippen LogP contribution in [0.1, 0.15) is 23.7 Å². The molecule has 0 bridgehead atoms. The van der Waals surface area contributed by atoms with Crippen LogP contribution in [0.3, 0.4) is 0 Å². The first kappa shape index (κ1) is 17.0. The highest BCUT2D eigenvalue weighted by Gasteiger charge is 2.01. The molecule has 2 aromatic rings. The molecule has 0 saturated carbocycles. The quantitative estimate of drug-likeness (QED) is 0.604. The van der Waals surface area contributed by atoms with Gasteiger partial charge in [0.25, 0.3) is 0 Å². The second-order valence-corrected chi connectivity index (χ2v) is 5.24. The third-order valence-electron chi connectivity index (χ3n) is 3.46. The second-order valence-electron chi connectivity index (χ2n) is 5.24. The van der Waals surface area contributed by atoms with Crippen molar-refractivity contribution in [2.24, 2.45) is 12.0 Å². The van der Waals surface area contributed by atoms with Gasteiger partial charge in [-0.25, -0.2) is 4.99 Å². The highest BCUT2D eigenvalue weighted by atomic mass is 16.5. The number of hydrogen-bond donors (Lipinski definition) is 2. The number of rotatable bonds is 7. The number of aryl methyl sites for hydroxylation is 1. The standard InChI is InChI=1S/C17H25N5O/c1-4-18-17(20-12-16-9-10-21-22(16)2)19-11-14-5-7-15(8-6-14)13-23-3/h5-10H,4,11-13H2,1-3H3,(H2,18,19,20). The van der Waals surface area contributed by atoms with Crippen molar-refractivity contribution in [3.8, 4) is 0 Å². The van der Waals surface area contributed by atoms with E-state index in [1.165, 1.54) is 11.1 Å². The molecule has 1 aromatic carbocycles. The summed E-state index contributed by atoms with van der Waals surface area (Å²) in [6.07, 6.45) is 1.79. The summed E-state index contributed by atoms with van der Waals surface area (Å²) in [7, 11) is 3.64. The molecule has 6 nitrogen and oxygen atoms in total. The highest BCUT2D eigenvalue weighted by molar-refractivity contribution is 5.79. The maximum Gasteiger partial charge on any atom is 0.191 e. The van der Waals surface area contributed by atoms with Crippen LogP contribution in [0, 0.1) is 0 Å². The van der Waals surface area contributed by atoms with Crippen molar-refractivity contribution in [3.63, 3.8) is 0 Å². The van der Waals surface area contributed by atoms with Gasteiger partial charge in [0.05, 0.1) is 25.4 Å². The lowest BCUT2D eigenvalue weighted by molar-refractivity contribution is 0.185. The Kier molecular flexibility index (Phi) is 6.62. The molecule has 0 aliphatic carbocycles. The van der Waals surface area contributed by atoms with Gasteiger partial charge >= 0.3 is 0 Å². The zero-order chi connectivity index (χ0) is 16.5. The van der Waals surface area contributed by atoms with Crippen LogP contribution in [0.5, 0.6) is 0 Å². The molecular formula is C17H25N5O. The molecule has 6 heteroatoms. The monoisotopic (exact) mass is 315 g/mol. The van der Waals surface area contributed by atoms with Crippen molar-refractivity contribution in [2.75, 3.05) is 13.7 Å². The van der Waals surface area contributed by atoms with Crippen molar-refractivity contribution in [2.45, 2.75) is 26.6 Å². The smallest absolute Gasteiger partial charge is 0.191 e. The summed E-state index contributed by atoms with van der Waals surface area (Å²) < 4.78 is 6.97. The molecule has 0 aliphatic rings. The minimum absolute atomic E-state index is 0.633. The average molecular weight is 315 g/mol. The van der Waals surface area contributed by atoms with E-state index in [1.54, 1.807) is 13.3 Å². The zero-order valence-electron chi connectivity index (χ0n) is 14.0. The van der Waals surface area contributed by atoms with Crippen LogP contribution in [0.2, 0.25) is 0 Å². The van der Waals surface area contributed by atoms with Crippen LogP contribution in [0.4, 0.5) is 0 Å². The Balaban J connectivity index is 1.93. The number of aromatic nitrogens is 2. The van der Waals surface area contributed by atoms with E-state index in [0.29, 0.717) is 19.7 Å². The predicted octanol–water partition coefficient (Wildman–Crippen LogP) is 1.82. The lowest BCUT2D eigenvalue weighted by Crippen LogP contribution is -2.37. The molecule has 0 saturated heterocycles. The summed E-state index contributed by atoms with van der Waals surface area (Å²) >= 11 is 0. The molecule has 0 spiro atoms. The van der Waals surface area contributed by atoms with Gasteiger partial charge in [0, 0.05) is 26.9 Å². The molecule has 124 valence electrons. The molecule has 0 atom stereocenters. The summed E-state index contributed by atoms with van der Waals surface area (Å²) in [5.41, 5.74) is 3.45. The van der Waals surface area contributed by atoms with Gasteiger partial charge in [-0.3, -0.25) is 4.68 Å². The first-order valence-electron chi connectivity index (χ1n) is 7.78. The van der Waals surface area contributed by atoms with Gasteiger partial charge in [0.2, 0.25) is 0 Å². The van der Waals surface area contributed by atoms with Gasteiger partial charge in [0.15, 0.2) is 5.96 Å². The molecule has 23 heavy (non-hydrogen) atoms. The van der Waals surface area contributed by atoms with Gasteiger partial charge in [-0.05, 0) is 24.1 Å². The molecule has 0 unspecified atom stereocenters. The fourth-order valence-corrected chi connectivity index (χ4v) is 2.17. The molecule has 2 N–H and O–H groups in total. The lowest BCUT2D eigenvalue weighted by atomic mass is 10.1. The molecular weight excluding hydrogens is 290 g/mol. The van der Waals surface area contributed by atoms with Crippen molar-refractivity contribution in [1.82, 2.24) is 20.4 Å². The Labute approximate surface area is 137 Å². The summed E-state index contributed by atoms with van der Waals surface area (Å²) in [5, 5.41) is 10.7. The number of benzene rings is 1. The van der Waals surface area contributed by atoms with E-state index in [-0.39, 0.29) is 0 Å². The molecule has 0 radical (unpaired) electrons. The highest BCUT2D eigenvalue weighted by Crippen LogP contribution is 2.06. The molecule has 0 amide bonds. The second kappa shape index (κ2) is 8.95. The predicted molar refractivity (Wildman–Crippen MR) is 92.0 cm³/mol. The topological polar surface area (TPSA) is 63.5 Å². The van der Waals surface area contributed by atoms with Crippen molar-refractivity contribution in [1.29, 1.82) is 0 Å². The normalized spacial score (nSPS) is 11.5. The minimum atomic E-state index is 0.633. The van der Waals surface area contributed by atoms with Crippen molar-refractivity contribution >= 4 is 5.96 Å². The maximum absolute atomic E-state index is 5.12. The number of ether oxygens (including phenoxy) is 1. The number of hydrogen-bond acceptors (Lipinski definition) is 3. The SMILES string of the molecule is CCNC(=NCc1ccc(COC)cc1)NCc1ccnn1C. The number of guanidine groups is 1. The van der Waals surface area contributed by atoms with E-state index >= 15 is 0 Å². The molecule has 1 heterocycles. The molecule has 2 rings (SSSR count). The Morgan fingerprint density at radius 2 is 1.91 bits per heavy atom. The van der Waals surface area contributed by atoms with E-state index in [2.05, 4.69) is 51.9 Å². The van der Waals surface area contributed by atoms with E-state index in [9.17, 15) is 0 Å². The molecule has 0 fully saturated rings. The summed E-state index contributed by atoms with van der Waals surface area (Å²) in [4.78, 5) is 4.62. The first-order valence-corrected chi connectivity index (χ1v) is 7.78. The summed E-state index contributed by atoms with van der Waals surface area (Å²) in [6.45, 7) is 4.84. The van der Waals surface area contributed by atoms with Crippen molar-refractivity contribution < 1.29 is 4.74 Å². The zero-order valence-corrected chi connectivity index (χ0v) is 14.0. The van der Waals surface area contributed by atoms with E-state index in [4.69, 9.17) is 4.74 Å². The van der Waals surface area contributed by atoms with Gasteiger partial charge in [-0.15, -0.1) is 0 Å². The maximum atomic E-state index is 5.12. The number of nitrogens with zero attached hydrogens (tertiary/aromatic N) is 3. The molecule has 0 aliphatic heterocycles. The summed E-state index contributed by atoms with van der Waals surface area (Å²) in [5.74, 6) is 0.801. The minimum Gasteiger partial charge on any atom is -0.380 e. The fourth-order valence-electron chi connectivity index (χ4n) is 2.17. The van der Waals surface area contributed by atoms with Crippen LogP contribution in [-0.2, 0) is 31.5 Å². The lowest BCUT2D eigenvalue weighted by Gasteiger charge is -2.11. The third kappa shape index (κ3) is 5.41. The Bertz CT molecular complexity index is 618. The van der Waals surface area contributed by atoms with Crippen molar-refractivity contribution in [3.05, 3.63) is 53.3 Å². The largest absolute Gasteiger partial charge is 0.380 e. The van der Waals surface area contributed by atoms with E-state index < -0.39 is 0 Å².